The first-order chi connectivity index (χ1) is 9.50. The lowest BCUT2D eigenvalue weighted by molar-refractivity contribution is -0.143. The van der Waals surface area contributed by atoms with Crippen LogP contribution in [0.2, 0.25) is 0 Å². The van der Waals surface area contributed by atoms with E-state index in [9.17, 15) is 9.59 Å². The maximum absolute atomic E-state index is 12.7. The van der Waals surface area contributed by atoms with E-state index in [0.29, 0.717) is 6.54 Å². The molecule has 0 saturated carbocycles. The van der Waals surface area contributed by atoms with Gasteiger partial charge in [-0.3, -0.25) is 14.5 Å². The van der Waals surface area contributed by atoms with Gasteiger partial charge in [0, 0.05) is 11.0 Å². The molecule has 0 bridgehead atoms. The van der Waals surface area contributed by atoms with Crippen molar-refractivity contribution in [2.75, 3.05) is 11.4 Å². The summed E-state index contributed by atoms with van der Waals surface area (Å²) in [5, 5.41) is 0. The quantitative estimate of drug-likeness (QED) is 0.790. The third-order valence-corrected chi connectivity index (χ3v) is 4.80. The van der Waals surface area contributed by atoms with Crippen LogP contribution in [-0.2, 0) is 9.59 Å². The van der Waals surface area contributed by atoms with Crippen molar-refractivity contribution in [2.24, 2.45) is 0 Å². The maximum Gasteiger partial charge on any atom is 0.250 e. The van der Waals surface area contributed by atoms with Crippen LogP contribution < -0.4 is 4.90 Å². The second-order valence-corrected chi connectivity index (χ2v) is 6.38. The Morgan fingerprint density at radius 3 is 2.70 bits per heavy atom. The van der Waals surface area contributed by atoms with E-state index in [1.165, 1.54) is 0 Å². The van der Waals surface area contributed by atoms with Crippen LogP contribution in [0.25, 0.3) is 0 Å². The highest BCUT2D eigenvalue weighted by Crippen LogP contribution is 2.34. The summed E-state index contributed by atoms with van der Waals surface area (Å²) in [4.78, 5) is 28.5. The molecule has 1 aromatic rings. The third kappa shape index (κ3) is 1.95. The summed E-state index contributed by atoms with van der Waals surface area (Å²) < 4.78 is 0.858. The molecule has 2 aliphatic rings. The SMILES string of the molecule is Cc1ccc(N2C(=O)C3CCCN3C(=O)C2C)c(Br)c1. The van der Waals surface area contributed by atoms with Crippen LogP contribution in [0.3, 0.4) is 0 Å². The van der Waals surface area contributed by atoms with Crippen molar-refractivity contribution >= 4 is 33.4 Å². The van der Waals surface area contributed by atoms with Crippen molar-refractivity contribution in [3.8, 4) is 0 Å². The number of halogens is 1. The van der Waals surface area contributed by atoms with E-state index in [2.05, 4.69) is 15.9 Å². The van der Waals surface area contributed by atoms with Gasteiger partial charge in [0.1, 0.15) is 12.1 Å². The molecule has 20 heavy (non-hydrogen) atoms. The van der Waals surface area contributed by atoms with Crippen LogP contribution in [0.1, 0.15) is 25.3 Å². The van der Waals surface area contributed by atoms with Crippen LogP contribution in [-0.4, -0.2) is 35.3 Å². The normalized spacial score (nSPS) is 26.1. The van der Waals surface area contributed by atoms with Crippen molar-refractivity contribution in [1.29, 1.82) is 0 Å². The van der Waals surface area contributed by atoms with Gasteiger partial charge in [-0.2, -0.15) is 0 Å². The molecule has 5 heteroatoms. The topological polar surface area (TPSA) is 40.6 Å². The van der Waals surface area contributed by atoms with E-state index in [-0.39, 0.29) is 17.9 Å². The number of aryl methyl sites for hydroxylation is 1. The summed E-state index contributed by atoms with van der Waals surface area (Å²) in [6, 6.07) is 5.14. The molecule has 0 N–H and O–H groups in total. The van der Waals surface area contributed by atoms with Crippen LogP contribution in [0, 0.1) is 6.92 Å². The largest absolute Gasteiger partial charge is 0.329 e. The molecule has 0 aliphatic carbocycles. The van der Waals surface area contributed by atoms with Gasteiger partial charge in [-0.05, 0) is 60.3 Å². The smallest absolute Gasteiger partial charge is 0.250 e. The van der Waals surface area contributed by atoms with E-state index in [1.54, 1.807) is 16.7 Å². The number of benzene rings is 1. The van der Waals surface area contributed by atoms with Gasteiger partial charge in [0.2, 0.25) is 5.91 Å². The Labute approximate surface area is 126 Å². The first kappa shape index (κ1) is 13.6. The summed E-state index contributed by atoms with van der Waals surface area (Å²) in [6.45, 7) is 4.52. The van der Waals surface area contributed by atoms with Gasteiger partial charge in [0.15, 0.2) is 0 Å². The van der Waals surface area contributed by atoms with E-state index in [4.69, 9.17) is 0 Å². The van der Waals surface area contributed by atoms with Crippen molar-refractivity contribution in [1.82, 2.24) is 4.90 Å². The van der Waals surface area contributed by atoms with Gasteiger partial charge in [-0.25, -0.2) is 0 Å². The van der Waals surface area contributed by atoms with Crippen molar-refractivity contribution in [3.63, 3.8) is 0 Å². The minimum absolute atomic E-state index is 0.0409. The molecule has 0 aromatic heterocycles. The molecule has 0 radical (unpaired) electrons. The number of nitrogens with zero attached hydrogens (tertiary/aromatic N) is 2. The van der Waals surface area contributed by atoms with Crippen LogP contribution in [0.4, 0.5) is 5.69 Å². The first-order valence-corrected chi connectivity index (χ1v) is 7.69. The van der Waals surface area contributed by atoms with Gasteiger partial charge in [0.25, 0.3) is 5.91 Å². The highest BCUT2D eigenvalue weighted by Gasteiger charge is 2.46. The molecule has 2 atom stereocenters. The fraction of sp³-hybridized carbons (Fsp3) is 0.467. The number of amides is 2. The zero-order valence-corrected chi connectivity index (χ0v) is 13.2. The lowest BCUT2D eigenvalue weighted by Gasteiger charge is -2.41. The standard InChI is InChI=1S/C15H17BrN2O2/c1-9-5-6-12(11(16)8-9)18-10(2)14(19)17-7-3-4-13(17)15(18)20/h5-6,8,10,13H,3-4,7H2,1-2H3. The Hall–Kier alpha value is -1.36. The molecule has 2 fully saturated rings. The van der Waals surface area contributed by atoms with E-state index < -0.39 is 6.04 Å². The Kier molecular flexibility index (Phi) is 3.32. The number of rotatable bonds is 1. The average molecular weight is 337 g/mol. The first-order valence-electron chi connectivity index (χ1n) is 6.90. The number of hydrogen-bond acceptors (Lipinski definition) is 2. The molecular formula is C15H17BrN2O2. The zero-order chi connectivity index (χ0) is 14.4. The van der Waals surface area contributed by atoms with Crippen molar-refractivity contribution < 1.29 is 9.59 Å². The fourth-order valence-corrected chi connectivity index (χ4v) is 3.81. The summed E-state index contributed by atoms with van der Waals surface area (Å²) in [6.07, 6.45) is 1.69. The molecule has 2 amide bonds. The summed E-state index contributed by atoms with van der Waals surface area (Å²) in [5.41, 5.74) is 1.90. The van der Waals surface area contributed by atoms with E-state index in [0.717, 1.165) is 28.6 Å². The lowest BCUT2D eigenvalue weighted by atomic mass is 10.0. The van der Waals surface area contributed by atoms with E-state index >= 15 is 0 Å². The monoisotopic (exact) mass is 336 g/mol. The molecule has 2 aliphatic heterocycles. The summed E-state index contributed by atoms with van der Waals surface area (Å²) >= 11 is 3.51. The molecule has 106 valence electrons. The Morgan fingerprint density at radius 2 is 2.00 bits per heavy atom. The number of anilines is 1. The Morgan fingerprint density at radius 1 is 1.25 bits per heavy atom. The number of carbonyl (C=O) groups excluding carboxylic acids is 2. The molecule has 1 aromatic carbocycles. The fourth-order valence-electron chi connectivity index (χ4n) is 3.12. The number of hydrogen-bond donors (Lipinski definition) is 0. The Bertz CT molecular complexity index is 587. The predicted molar refractivity (Wildman–Crippen MR) is 80.6 cm³/mol. The zero-order valence-electron chi connectivity index (χ0n) is 11.6. The molecular weight excluding hydrogens is 320 g/mol. The van der Waals surface area contributed by atoms with Gasteiger partial charge in [0.05, 0.1) is 5.69 Å². The highest BCUT2D eigenvalue weighted by atomic mass is 79.9. The van der Waals surface area contributed by atoms with Crippen LogP contribution in [0.5, 0.6) is 0 Å². The molecule has 0 spiro atoms. The average Bonchev–Trinajstić information content (AvgIpc) is 2.88. The highest BCUT2D eigenvalue weighted by molar-refractivity contribution is 9.10. The minimum atomic E-state index is -0.434. The van der Waals surface area contributed by atoms with Crippen molar-refractivity contribution in [3.05, 3.63) is 28.2 Å². The van der Waals surface area contributed by atoms with Crippen molar-refractivity contribution in [2.45, 2.75) is 38.8 Å². The van der Waals surface area contributed by atoms with Crippen LogP contribution >= 0.6 is 15.9 Å². The summed E-state index contributed by atoms with van der Waals surface area (Å²) in [7, 11) is 0. The van der Waals surface area contributed by atoms with Gasteiger partial charge in [-0.1, -0.05) is 6.07 Å². The van der Waals surface area contributed by atoms with Crippen LogP contribution in [0.15, 0.2) is 22.7 Å². The number of fused-ring (bicyclic) bond motifs is 1. The van der Waals surface area contributed by atoms with Gasteiger partial charge < -0.3 is 4.90 Å². The maximum atomic E-state index is 12.7. The van der Waals surface area contributed by atoms with E-state index in [1.807, 2.05) is 25.1 Å². The number of carbonyl (C=O) groups is 2. The lowest BCUT2D eigenvalue weighted by Crippen LogP contribution is -2.62. The second kappa shape index (κ2) is 4.88. The second-order valence-electron chi connectivity index (χ2n) is 5.53. The van der Waals surface area contributed by atoms with Gasteiger partial charge in [-0.15, -0.1) is 0 Å². The molecule has 2 unspecified atom stereocenters. The minimum Gasteiger partial charge on any atom is -0.329 e. The molecule has 3 rings (SSSR count). The predicted octanol–water partition coefficient (Wildman–Crippen LogP) is 2.48. The third-order valence-electron chi connectivity index (χ3n) is 4.17. The molecule has 2 heterocycles. The molecule has 2 saturated heterocycles. The Balaban J connectivity index is 2.03. The number of piperazine rings is 1. The molecule has 4 nitrogen and oxygen atoms in total. The van der Waals surface area contributed by atoms with Gasteiger partial charge >= 0.3 is 0 Å². The summed E-state index contributed by atoms with van der Waals surface area (Å²) in [5.74, 6) is 0.0960.